The molecule has 5 nitrogen and oxygen atoms in total. The SMILES string of the molecule is COc1ccccc1CN1CCCc2cc(C(=O)NCc3ccc(S(C)=O)cc3)ccc21. The van der Waals surface area contributed by atoms with E-state index in [0.29, 0.717) is 12.1 Å². The number of nitrogens with zero attached hydrogens (tertiary/aromatic N) is 1. The van der Waals surface area contributed by atoms with Gasteiger partial charge in [0.1, 0.15) is 5.75 Å². The lowest BCUT2D eigenvalue weighted by molar-refractivity contribution is 0.0951. The number of rotatable bonds is 7. The van der Waals surface area contributed by atoms with Crippen molar-refractivity contribution in [1.82, 2.24) is 5.32 Å². The number of carbonyl (C=O) groups excluding carboxylic acids is 1. The fraction of sp³-hybridized carbons (Fsp3) is 0.269. The van der Waals surface area contributed by atoms with Crippen LogP contribution in [0.5, 0.6) is 5.75 Å². The first-order chi connectivity index (χ1) is 15.5. The molecule has 0 radical (unpaired) electrons. The average Bonchev–Trinajstić information content (AvgIpc) is 2.83. The molecule has 0 bridgehead atoms. The fourth-order valence-corrected chi connectivity index (χ4v) is 4.62. The van der Waals surface area contributed by atoms with Crippen molar-refractivity contribution in [1.29, 1.82) is 0 Å². The van der Waals surface area contributed by atoms with Crippen LogP contribution in [0.25, 0.3) is 0 Å². The minimum Gasteiger partial charge on any atom is -0.496 e. The van der Waals surface area contributed by atoms with Gasteiger partial charge in [0.05, 0.1) is 7.11 Å². The lowest BCUT2D eigenvalue weighted by Crippen LogP contribution is -2.29. The van der Waals surface area contributed by atoms with Crippen LogP contribution in [-0.4, -0.2) is 30.0 Å². The van der Waals surface area contributed by atoms with E-state index in [-0.39, 0.29) is 5.91 Å². The average molecular weight is 449 g/mol. The minimum absolute atomic E-state index is 0.0854. The van der Waals surface area contributed by atoms with Gasteiger partial charge in [0.25, 0.3) is 5.91 Å². The quantitative estimate of drug-likeness (QED) is 0.585. The predicted octanol–water partition coefficient (Wildman–Crippen LogP) is 4.32. The van der Waals surface area contributed by atoms with Gasteiger partial charge in [-0.05, 0) is 60.4 Å². The zero-order valence-electron chi connectivity index (χ0n) is 18.5. The molecule has 1 atom stereocenters. The first kappa shape index (κ1) is 22.1. The number of fused-ring (bicyclic) bond motifs is 1. The first-order valence-corrected chi connectivity index (χ1v) is 12.3. The van der Waals surface area contributed by atoms with Crippen LogP contribution in [0.1, 0.15) is 33.5 Å². The summed E-state index contributed by atoms with van der Waals surface area (Å²) in [6.07, 6.45) is 3.68. The van der Waals surface area contributed by atoms with E-state index in [1.165, 1.54) is 11.3 Å². The molecule has 166 valence electrons. The second-order valence-electron chi connectivity index (χ2n) is 7.96. The fourth-order valence-electron chi connectivity index (χ4n) is 4.10. The van der Waals surface area contributed by atoms with Crippen molar-refractivity contribution in [3.05, 3.63) is 89.0 Å². The molecule has 0 saturated carbocycles. The summed E-state index contributed by atoms with van der Waals surface area (Å²) >= 11 is 0. The molecule has 0 fully saturated rings. The van der Waals surface area contributed by atoms with Gasteiger partial charge < -0.3 is 15.0 Å². The van der Waals surface area contributed by atoms with Gasteiger partial charge in [-0.25, -0.2) is 0 Å². The maximum atomic E-state index is 12.7. The third kappa shape index (κ3) is 5.02. The molecule has 3 aromatic rings. The number of amides is 1. The summed E-state index contributed by atoms with van der Waals surface area (Å²) < 4.78 is 17.0. The summed E-state index contributed by atoms with van der Waals surface area (Å²) in [4.78, 5) is 15.9. The van der Waals surface area contributed by atoms with E-state index in [2.05, 4.69) is 22.3 Å². The molecule has 32 heavy (non-hydrogen) atoms. The van der Waals surface area contributed by atoms with Gasteiger partial charge in [-0.15, -0.1) is 0 Å². The standard InChI is InChI=1S/C26H28N2O3S/c1-31-25-8-4-3-6-22(25)18-28-15-5-7-20-16-21(11-14-24(20)28)26(29)27-17-19-9-12-23(13-10-19)32(2)30/h3-4,6,8-14,16H,5,7,15,17-18H2,1-2H3,(H,27,29). The van der Waals surface area contributed by atoms with Crippen molar-refractivity contribution in [2.45, 2.75) is 30.8 Å². The normalized spacial score (nSPS) is 13.9. The minimum atomic E-state index is -0.998. The van der Waals surface area contributed by atoms with Crippen LogP contribution in [0, 0.1) is 0 Å². The Morgan fingerprint density at radius 2 is 1.88 bits per heavy atom. The molecule has 1 N–H and O–H groups in total. The lowest BCUT2D eigenvalue weighted by atomic mass is 9.98. The maximum Gasteiger partial charge on any atom is 0.251 e. The summed E-state index contributed by atoms with van der Waals surface area (Å²) in [6, 6.07) is 21.6. The predicted molar refractivity (Wildman–Crippen MR) is 129 cm³/mol. The molecule has 6 heteroatoms. The number of nitrogens with one attached hydrogen (secondary N) is 1. The lowest BCUT2D eigenvalue weighted by Gasteiger charge is -2.32. The Balaban J connectivity index is 1.44. The summed E-state index contributed by atoms with van der Waals surface area (Å²) in [6.45, 7) is 2.20. The van der Waals surface area contributed by atoms with Crippen molar-refractivity contribution >= 4 is 22.4 Å². The van der Waals surface area contributed by atoms with Gasteiger partial charge in [-0.1, -0.05) is 30.3 Å². The Labute approximate surface area is 191 Å². The van der Waals surface area contributed by atoms with Gasteiger partial charge in [0.2, 0.25) is 0 Å². The topological polar surface area (TPSA) is 58.6 Å². The summed E-state index contributed by atoms with van der Waals surface area (Å²) in [7, 11) is 0.704. The smallest absolute Gasteiger partial charge is 0.251 e. The Hall–Kier alpha value is -3.12. The van der Waals surface area contributed by atoms with Crippen LogP contribution < -0.4 is 15.0 Å². The molecule has 1 heterocycles. The summed E-state index contributed by atoms with van der Waals surface area (Å²) in [5, 5.41) is 2.99. The highest BCUT2D eigenvalue weighted by Gasteiger charge is 2.20. The number of aryl methyl sites for hydroxylation is 1. The monoisotopic (exact) mass is 448 g/mol. The molecule has 0 spiro atoms. The Kier molecular flexibility index (Phi) is 6.90. The van der Waals surface area contributed by atoms with Crippen molar-refractivity contribution in [2.75, 3.05) is 24.8 Å². The van der Waals surface area contributed by atoms with Crippen LogP contribution in [0.3, 0.4) is 0 Å². The van der Waals surface area contributed by atoms with E-state index in [9.17, 15) is 9.00 Å². The highest BCUT2D eigenvalue weighted by molar-refractivity contribution is 7.84. The third-order valence-corrected chi connectivity index (χ3v) is 6.75. The van der Waals surface area contributed by atoms with Crippen LogP contribution in [-0.2, 0) is 30.3 Å². The number of anilines is 1. The molecule has 1 aliphatic rings. The highest BCUT2D eigenvalue weighted by atomic mass is 32.2. The highest BCUT2D eigenvalue weighted by Crippen LogP contribution is 2.31. The maximum absolute atomic E-state index is 12.7. The summed E-state index contributed by atoms with van der Waals surface area (Å²) in [5.74, 6) is 0.812. The van der Waals surface area contributed by atoms with Gasteiger partial charge in [-0.3, -0.25) is 9.00 Å². The van der Waals surface area contributed by atoms with Gasteiger partial charge >= 0.3 is 0 Å². The Bertz CT molecular complexity index is 1130. The molecule has 0 saturated heterocycles. The van der Waals surface area contributed by atoms with E-state index in [1.807, 2.05) is 54.6 Å². The number of ether oxygens (including phenoxy) is 1. The second-order valence-corrected chi connectivity index (χ2v) is 9.34. The molecule has 0 aliphatic carbocycles. The van der Waals surface area contributed by atoms with Gasteiger partial charge in [0.15, 0.2) is 0 Å². The zero-order valence-corrected chi connectivity index (χ0v) is 19.3. The van der Waals surface area contributed by atoms with Crippen LogP contribution in [0.15, 0.2) is 71.6 Å². The van der Waals surface area contributed by atoms with Crippen LogP contribution in [0.2, 0.25) is 0 Å². The molecule has 4 rings (SSSR count). The Morgan fingerprint density at radius 3 is 2.62 bits per heavy atom. The molecular weight excluding hydrogens is 420 g/mol. The zero-order chi connectivity index (χ0) is 22.5. The largest absolute Gasteiger partial charge is 0.496 e. The summed E-state index contributed by atoms with van der Waals surface area (Å²) in [5.41, 5.74) is 5.20. The van der Waals surface area contributed by atoms with Crippen molar-refractivity contribution in [2.24, 2.45) is 0 Å². The second kappa shape index (κ2) is 10.0. The molecule has 3 aromatic carbocycles. The van der Waals surface area contributed by atoms with Crippen molar-refractivity contribution in [3.63, 3.8) is 0 Å². The number of benzene rings is 3. The van der Waals surface area contributed by atoms with Gasteiger partial charge in [-0.2, -0.15) is 0 Å². The van der Waals surface area contributed by atoms with Gasteiger partial charge in [0, 0.05) is 58.4 Å². The molecule has 1 unspecified atom stereocenters. The number of para-hydroxylation sites is 1. The Morgan fingerprint density at radius 1 is 1.09 bits per heavy atom. The van der Waals surface area contributed by atoms with E-state index >= 15 is 0 Å². The third-order valence-electron chi connectivity index (χ3n) is 5.82. The molecular formula is C26H28N2O3S. The first-order valence-electron chi connectivity index (χ1n) is 10.8. The van der Waals surface area contributed by atoms with Crippen molar-refractivity contribution < 1.29 is 13.7 Å². The van der Waals surface area contributed by atoms with E-state index in [4.69, 9.17) is 4.74 Å². The number of carbonyl (C=O) groups is 1. The van der Waals surface area contributed by atoms with Crippen LogP contribution in [0.4, 0.5) is 5.69 Å². The van der Waals surface area contributed by atoms with E-state index in [0.717, 1.165) is 47.7 Å². The molecule has 0 aromatic heterocycles. The number of methoxy groups -OCH3 is 1. The number of hydrogen-bond donors (Lipinski definition) is 1. The van der Waals surface area contributed by atoms with E-state index < -0.39 is 10.8 Å². The van der Waals surface area contributed by atoms with Crippen LogP contribution >= 0.6 is 0 Å². The van der Waals surface area contributed by atoms with E-state index in [1.54, 1.807) is 13.4 Å². The molecule has 1 aliphatic heterocycles. The van der Waals surface area contributed by atoms with Crippen molar-refractivity contribution in [3.8, 4) is 5.75 Å². The molecule has 1 amide bonds. The number of hydrogen-bond acceptors (Lipinski definition) is 4.